The van der Waals surface area contributed by atoms with Crippen molar-refractivity contribution in [3.8, 4) is 0 Å². The summed E-state index contributed by atoms with van der Waals surface area (Å²) in [6, 6.07) is 0.447. The van der Waals surface area contributed by atoms with Crippen LogP contribution in [0.1, 0.15) is 13.3 Å². The van der Waals surface area contributed by atoms with Gasteiger partial charge >= 0.3 is 0 Å². The third kappa shape index (κ3) is 9.36. The quantitative estimate of drug-likeness (QED) is 0.537. The molecule has 0 aromatic rings. The van der Waals surface area contributed by atoms with E-state index in [-0.39, 0.29) is 12.3 Å². The summed E-state index contributed by atoms with van der Waals surface area (Å²) in [7, 11) is 0. The van der Waals surface area contributed by atoms with E-state index in [9.17, 15) is 0 Å². The highest BCUT2D eigenvalue weighted by atomic mass is 14.9. The van der Waals surface area contributed by atoms with Crippen LogP contribution < -0.4 is 17.6 Å². The second-order valence-electron chi connectivity index (χ2n) is 1.95. The van der Waals surface area contributed by atoms with E-state index in [1.165, 1.54) is 0 Å². The Balaban J connectivity index is -0.000000320. The average molecular weight is 159 g/mol. The number of hydrogen-bond acceptors (Lipinski definition) is 3. The predicted octanol–water partition coefficient (Wildman–Crippen LogP) is 2.05. The van der Waals surface area contributed by atoms with E-state index < -0.39 is 0 Å². The first kappa shape index (κ1) is 16.8. The van der Waals surface area contributed by atoms with Crippen molar-refractivity contribution < 1.29 is 0 Å². The molecule has 68 valence electrons. The summed E-state index contributed by atoms with van der Waals surface area (Å²) in [5, 5.41) is 3.23. The summed E-state index contributed by atoms with van der Waals surface area (Å²) in [4.78, 5) is 0. The van der Waals surface area contributed by atoms with Crippen LogP contribution in [0, 0.1) is 0 Å². The van der Waals surface area contributed by atoms with Gasteiger partial charge in [0.1, 0.15) is 0 Å². The van der Waals surface area contributed by atoms with Crippen LogP contribution in [0.3, 0.4) is 0 Å². The molecule has 1 atom stereocenters. The van der Waals surface area contributed by atoms with Gasteiger partial charge in [-0.2, -0.15) is 0 Å². The third-order valence-corrected chi connectivity index (χ3v) is 1.25. The van der Waals surface area contributed by atoms with Crippen molar-refractivity contribution in [1.82, 2.24) is 17.6 Å². The summed E-state index contributed by atoms with van der Waals surface area (Å²) >= 11 is 0. The van der Waals surface area contributed by atoms with Crippen molar-refractivity contribution in [2.45, 2.75) is 19.4 Å². The van der Waals surface area contributed by atoms with Gasteiger partial charge in [0.15, 0.2) is 0 Å². The Morgan fingerprint density at radius 2 is 1.91 bits per heavy atom. The molecule has 0 spiro atoms. The number of nitrogens with one attached hydrogen (secondary N) is 1. The van der Waals surface area contributed by atoms with E-state index in [1.807, 2.05) is 12.2 Å². The van der Waals surface area contributed by atoms with Crippen molar-refractivity contribution >= 4 is 0 Å². The zero-order valence-corrected chi connectivity index (χ0v) is 7.47. The maximum absolute atomic E-state index is 3.69. The van der Waals surface area contributed by atoms with Crippen molar-refractivity contribution in [2.75, 3.05) is 6.54 Å². The van der Waals surface area contributed by atoms with E-state index in [1.54, 1.807) is 0 Å². The Labute approximate surface area is 69.7 Å². The van der Waals surface area contributed by atoms with Crippen molar-refractivity contribution in [2.24, 2.45) is 0 Å². The van der Waals surface area contributed by atoms with Gasteiger partial charge in [-0.25, -0.2) is 0 Å². The van der Waals surface area contributed by atoms with Crippen LogP contribution in [0.2, 0.25) is 0 Å². The molecule has 3 nitrogen and oxygen atoms in total. The van der Waals surface area contributed by atoms with Gasteiger partial charge in [0, 0.05) is 12.6 Å². The van der Waals surface area contributed by atoms with Crippen LogP contribution in [0.5, 0.6) is 0 Å². The van der Waals surface area contributed by atoms with E-state index in [2.05, 4.69) is 25.4 Å². The Kier molecular flexibility index (Phi) is 18.4. The lowest BCUT2D eigenvalue weighted by Crippen LogP contribution is -2.25. The molecule has 0 heterocycles. The Morgan fingerprint density at radius 1 is 1.36 bits per heavy atom. The fourth-order valence-corrected chi connectivity index (χ4v) is 0.629. The largest absolute Gasteiger partial charge is 0.344 e. The van der Waals surface area contributed by atoms with Gasteiger partial charge in [-0.3, -0.25) is 0 Å². The van der Waals surface area contributed by atoms with Gasteiger partial charge in [-0.05, 0) is 6.42 Å². The molecule has 0 saturated carbocycles. The van der Waals surface area contributed by atoms with Crippen LogP contribution in [0.25, 0.3) is 0 Å². The van der Waals surface area contributed by atoms with Gasteiger partial charge in [0.05, 0.1) is 0 Å². The second-order valence-corrected chi connectivity index (χ2v) is 1.95. The summed E-state index contributed by atoms with van der Waals surface area (Å²) in [6.07, 6.45) is 4.87. The van der Waals surface area contributed by atoms with Crippen LogP contribution in [-0.2, 0) is 0 Å². The van der Waals surface area contributed by atoms with Gasteiger partial charge in [-0.1, -0.05) is 19.1 Å². The molecule has 0 bridgehead atoms. The fourth-order valence-electron chi connectivity index (χ4n) is 0.629. The molecule has 0 amide bonds. The molecule has 0 aliphatic rings. The smallest absolute Gasteiger partial charge is 0.0247 e. The minimum Gasteiger partial charge on any atom is -0.344 e. The third-order valence-electron chi connectivity index (χ3n) is 1.25. The second kappa shape index (κ2) is 12.1. The maximum Gasteiger partial charge on any atom is 0.0247 e. The van der Waals surface area contributed by atoms with Crippen LogP contribution in [0.4, 0.5) is 0 Å². The Hall–Kier alpha value is -0.640. The topological polar surface area (TPSA) is 82.0 Å². The minimum atomic E-state index is 0. The lowest BCUT2D eigenvalue weighted by molar-refractivity contribution is 0.618. The van der Waals surface area contributed by atoms with E-state index in [4.69, 9.17) is 0 Å². The summed E-state index contributed by atoms with van der Waals surface area (Å²) in [5.74, 6) is 0. The Morgan fingerprint density at radius 3 is 2.18 bits per heavy atom. The highest BCUT2D eigenvalue weighted by Crippen LogP contribution is 1.89. The average Bonchev–Trinajstić information content (AvgIpc) is 1.91. The maximum atomic E-state index is 3.69. The molecule has 0 rings (SSSR count). The SMILES string of the molecule is C=CCNC(C=C)CC.N.N. The number of hydrogen-bond donors (Lipinski definition) is 3. The summed E-state index contributed by atoms with van der Waals surface area (Å²) in [6.45, 7) is 10.3. The van der Waals surface area contributed by atoms with E-state index >= 15 is 0 Å². The lowest BCUT2D eigenvalue weighted by Gasteiger charge is -2.08. The highest BCUT2D eigenvalue weighted by Gasteiger charge is 1.94. The highest BCUT2D eigenvalue weighted by molar-refractivity contribution is 4.86. The molecular formula is C8H21N3. The first-order valence-electron chi connectivity index (χ1n) is 3.32. The first-order valence-corrected chi connectivity index (χ1v) is 3.32. The molecule has 0 fully saturated rings. The lowest BCUT2D eigenvalue weighted by atomic mass is 10.2. The van der Waals surface area contributed by atoms with Crippen molar-refractivity contribution in [3.05, 3.63) is 25.3 Å². The molecule has 0 saturated heterocycles. The van der Waals surface area contributed by atoms with Gasteiger partial charge < -0.3 is 17.6 Å². The van der Waals surface area contributed by atoms with Crippen molar-refractivity contribution in [1.29, 1.82) is 0 Å². The van der Waals surface area contributed by atoms with Crippen molar-refractivity contribution in [3.63, 3.8) is 0 Å². The monoisotopic (exact) mass is 159 g/mol. The van der Waals surface area contributed by atoms with Crippen LogP contribution in [0.15, 0.2) is 25.3 Å². The van der Waals surface area contributed by atoms with Gasteiger partial charge in [-0.15, -0.1) is 13.2 Å². The summed E-state index contributed by atoms with van der Waals surface area (Å²) < 4.78 is 0. The molecule has 0 radical (unpaired) electrons. The molecule has 1 unspecified atom stereocenters. The van der Waals surface area contributed by atoms with Crippen LogP contribution in [-0.4, -0.2) is 12.6 Å². The van der Waals surface area contributed by atoms with E-state index in [0.717, 1.165) is 13.0 Å². The zero-order valence-electron chi connectivity index (χ0n) is 7.47. The molecule has 0 aliphatic heterocycles. The normalized spacial score (nSPS) is 10.3. The van der Waals surface area contributed by atoms with Gasteiger partial charge in [0.25, 0.3) is 0 Å². The molecule has 0 aromatic heterocycles. The predicted molar refractivity (Wildman–Crippen MR) is 52.5 cm³/mol. The fraction of sp³-hybridized carbons (Fsp3) is 0.500. The molecular weight excluding hydrogens is 138 g/mol. The minimum absolute atomic E-state index is 0. The molecule has 7 N–H and O–H groups in total. The summed E-state index contributed by atoms with van der Waals surface area (Å²) in [5.41, 5.74) is 0. The zero-order chi connectivity index (χ0) is 7.11. The first-order chi connectivity index (χ1) is 4.35. The van der Waals surface area contributed by atoms with Gasteiger partial charge in [0.2, 0.25) is 0 Å². The van der Waals surface area contributed by atoms with Crippen LogP contribution >= 0.6 is 0 Å². The standard InChI is InChI=1S/C8H15N.2H3N/c1-4-7-9-8(5-2)6-3;;/h4-5,8-9H,1-2,6-7H2,3H3;2*1H3. The molecule has 0 aliphatic carbocycles. The molecule has 3 heteroatoms. The number of rotatable bonds is 5. The molecule has 0 aromatic carbocycles. The molecule has 11 heavy (non-hydrogen) atoms. The van der Waals surface area contributed by atoms with E-state index in [0.29, 0.717) is 6.04 Å². The Bertz CT molecular complexity index is 91.3.